The van der Waals surface area contributed by atoms with Gasteiger partial charge in [0.1, 0.15) is 18.1 Å². The molecule has 0 saturated heterocycles. The molecule has 1 rings (SSSR count). The van der Waals surface area contributed by atoms with Gasteiger partial charge in [0.2, 0.25) is 17.7 Å². The lowest BCUT2D eigenvalue weighted by atomic mass is 10.0. The third-order valence-electron chi connectivity index (χ3n) is 5.23. The number of aliphatic imine (C=N–C) groups is 1. The van der Waals surface area contributed by atoms with E-state index in [1.54, 1.807) is 30.3 Å². The summed E-state index contributed by atoms with van der Waals surface area (Å²) < 4.78 is 0. The van der Waals surface area contributed by atoms with Crippen LogP contribution in [0.1, 0.15) is 38.2 Å². The molecule has 14 heteroatoms. The summed E-state index contributed by atoms with van der Waals surface area (Å²) in [5.41, 5.74) is 17.1. The van der Waals surface area contributed by atoms with Gasteiger partial charge in [-0.3, -0.25) is 29.0 Å². The predicted octanol–water partition coefficient (Wildman–Crippen LogP) is -1.97. The molecule has 0 heterocycles. The fourth-order valence-corrected chi connectivity index (χ4v) is 3.17. The number of amides is 3. The van der Waals surface area contributed by atoms with Gasteiger partial charge in [-0.1, -0.05) is 30.3 Å². The SMILES string of the molecule is CC(NC(=O)C(CCCN=C(N)N)NC(=O)C(Cc1ccccc1)NC(=O)C(N)CCC(=O)O)C(=O)O. The van der Waals surface area contributed by atoms with E-state index in [-0.39, 0.29) is 44.6 Å². The number of aliphatic carboxylic acids is 2. The van der Waals surface area contributed by atoms with E-state index in [9.17, 15) is 24.0 Å². The number of guanidine groups is 1. The summed E-state index contributed by atoms with van der Waals surface area (Å²) in [6, 6.07) is 4.06. The van der Waals surface area contributed by atoms with Crippen molar-refractivity contribution in [3.8, 4) is 0 Å². The monoisotopic (exact) mass is 521 g/mol. The van der Waals surface area contributed by atoms with Gasteiger partial charge in [0.25, 0.3) is 0 Å². The lowest BCUT2D eigenvalue weighted by molar-refractivity contribution is -0.142. The zero-order valence-corrected chi connectivity index (χ0v) is 20.6. The first-order valence-corrected chi connectivity index (χ1v) is 11.6. The standard InChI is InChI=1S/C23H35N7O7/c1-13(22(36)37)28-20(34)16(8-5-11-27-23(25)26)29-21(35)17(12-14-6-3-2-4-7-14)30-19(33)15(24)9-10-18(31)32/h2-4,6-7,13,15-17H,5,8-12,24H2,1H3,(H,28,34)(H,29,35)(H,30,33)(H,31,32)(H,36,37)(H4,25,26,27). The molecule has 14 nitrogen and oxygen atoms in total. The zero-order chi connectivity index (χ0) is 28.0. The Labute approximate surface area is 214 Å². The minimum atomic E-state index is -1.26. The van der Waals surface area contributed by atoms with Gasteiger partial charge >= 0.3 is 11.9 Å². The first-order valence-electron chi connectivity index (χ1n) is 11.6. The molecule has 0 aliphatic heterocycles. The number of nitrogens with zero attached hydrogens (tertiary/aromatic N) is 1. The van der Waals surface area contributed by atoms with Crippen molar-refractivity contribution in [2.24, 2.45) is 22.2 Å². The van der Waals surface area contributed by atoms with Crippen LogP contribution in [0.4, 0.5) is 0 Å². The zero-order valence-electron chi connectivity index (χ0n) is 20.6. The second kappa shape index (κ2) is 15.7. The van der Waals surface area contributed by atoms with Gasteiger partial charge in [-0.25, -0.2) is 0 Å². The molecule has 11 N–H and O–H groups in total. The molecule has 0 aromatic heterocycles. The fourth-order valence-electron chi connectivity index (χ4n) is 3.17. The lowest BCUT2D eigenvalue weighted by Gasteiger charge is -2.25. The maximum Gasteiger partial charge on any atom is 0.325 e. The van der Waals surface area contributed by atoms with Crippen LogP contribution >= 0.6 is 0 Å². The summed E-state index contributed by atoms with van der Waals surface area (Å²) in [6.45, 7) is 1.44. The molecule has 0 fully saturated rings. The molecule has 3 amide bonds. The largest absolute Gasteiger partial charge is 0.481 e. The molecule has 1 aromatic carbocycles. The van der Waals surface area contributed by atoms with E-state index in [2.05, 4.69) is 20.9 Å². The topological polar surface area (TPSA) is 252 Å². The van der Waals surface area contributed by atoms with Crippen LogP contribution in [0.3, 0.4) is 0 Å². The van der Waals surface area contributed by atoms with Crippen molar-refractivity contribution >= 4 is 35.6 Å². The number of benzene rings is 1. The summed E-state index contributed by atoms with van der Waals surface area (Å²) >= 11 is 0. The quantitative estimate of drug-likeness (QED) is 0.0676. The van der Waals surface area contributed by atoms with Crippen molar-refractivity contribution in [3.05, 3.63) is 35.9 Å². The highest BCUT2D eigenvalue weighted by Crippen LogP contribution is 2.07. The van der Waals surface area contributed by atoms with Crippen molar-refractivity contribution in [3.63, 3.8) is 0 Å². The molecule has 0 saturated carbocycles. The molecule has 0 bridgehead atoms. The van der Waals surface area contributed by atoms with Crippen molar-refractivity contribution < 1.29 is 34.2 Å². The lowest BCUT2D eigenvalue weighted by Crippen LogP contribution is -2.57. The summed E-state index contributed by atoms with van der Waals surface area (Å²) in [5.74, 6) is -4.71. The smallest absolute Gasteiger partial charge is 0.325 e. The van der Waals surface area contributed by atoms with Crippen LogP contribution in [0.5, 0.6) is 0 Å². The van der Waals surface area contributed by atoms with Crippen molar-refractivity contribution in [1.82, 2.24) is 16.0 Å². The van der Waals surface area contributed by atoms with Crippen LogP contribution in [0.2, 0.25) is 0 Å². The van der Waals surface area contributed by atoms with Crippen LogP contribution in [-0.2, 0) is 30.4 Å². The average molecular weight is 522 g/mol. The summed E-state index contributed by atoms with van der Waals surface area (Å²) in [7, 11) is 0. The first kappa shape index (κ1) is 30.8. The molecule has 0 aliphatic rings. The minimum Gasteiger partial charge on any atom is -0.481 e. The third kappa shape index (κ3) is 12.4. The first-order chi connectivity index (χ1) is 17.4. The van der Waals surface area contributed by atoms with Crippen molar-refractivity contribution in [2.45, 2.75) is 63.2 Å². The summed E-state index contributed by atoms with van der Waals surface area (Å²) in [4.78, 5) is 64.3. The van der Waals surface area contributed by atoms with Crippen LogP contribution in [-0.4, -0.2) is 76.5 Å². The highest BCUT2D eigenvalue weighted by molar-refractivity contribution is 5.94. The highest BCUT2D eigenvalue weighted by atomic mass is 16.4. The van der Waals surface area contributed by atoms with Gasteiger partial charge in [-0.05, 0) is 31.7 Å². The Morgan fingerprint density at radius 3 is 2.05 bits per heavy atom. The van der Waals surface area contributed by atoms with Crippen LogP contribution in [0.15, 0.2) is 35.3 Å². The number of rotatable bonds is 16. The van der Waals surface area contributed by atoms with Gasteiger partial charge in [0.05, 0.1) is 6.04 Å². The Morgan fingerprint density at radius 1 is 0.892 bits per heavy atom. The molecule has 0 spiro atoms. The van der Waals surface area contributed by atoms with Crippen LogP contribution in [0, 0.1) is 0 Å². The number of hydrogen-bond acceptors (Lipinski definition) is 7. The Morgan fingerprint density at radius 2 is 1.49 bits per heavy atom. The molecule has 37 heavy (non-hydrogen) atoms. The normalized spacial score (nSPS) is 13.8. The van der Waals surface area contributed by atoms with E-state index in [0.29, 0.717) is 5.56 Å². The molecule has 204 valence electrons. The van der Waals surface area contributed by atoms with Crippen LogP contribution in [0.25, 0.3) is 0 Å². The van der Waals surface area contributed by atoms with Gasteiger partial charge in [0.15, 0.2) is 5.96 Å². The maximum atomic E-state index is 13.2. The van der Waals surface area contributed by atoms with Crippen LogP contribution < -0.4 is 33.2 Å². The Bertz CT molecular complexity index is 967. The molecule has 0 radical (unpaired) electrons. The second-order valence-electron chi connectivity index (χ2n) is 8.37. The molecular weight excluding hydrogens is 486 g/mol. The summed E-state index contributed by atoms with van der Waals surface area (Å²) in [5, 5.41) is 25.3. The number of nitrogens with two attached hydrogens (primary N) is 3. The van der Waals surface area contributed by atoms with E-state index >= 15 is 0 Å². The fraction of sp³-hybridized carbons (Fsp3) is 0.478. The van der Waals surface area contributed by atoms with E-state index < -0.39 is 53.8 Å². The van der Waals surface area contributed by atoms with E-state index in [4.69, 9.17) is 27.4 Å². The molecular formula is C23H35N7O7. The van der Waals surface area contributed by atoms with Gasteiger partial charge in [-0.2, -0.15) is 0 Å². The number of carbonyl (C=O) groups excluding carboxylic acids is 3. The Kier molecular flexibility index (Phi) is 13.1. The second-order valence-corrected chi connectivity index (χ2v) is 8.37. The Balaban J connectivity index is 3.06. The molecule has 4 unspecified atom stereocenters. The van der Waals surface area contributed by atoms with E-state index in [0.717, 1.165) is 0 Å². The predicted molar refractivity (Wildman–Crippen MR) is 134 cm³/mol. The third-order valence-corrected chi connectivity index (χ3v) is 5.23. The number of carboxylic acid groups (broad SMARTS) is 2. The number of carboxylic acids is 2. The number of hydrogen-bond donors (Lipinski definition) is 8. The van der Waals surface area contributed by atoms with E-state index in [1.165, 1.54) is 6.92 Å². The molecule has 1 aromatic rings. The minimum absolute atomic E-state index is 0.0535. The van der Waals surface area contributed by atoms with E-state index in [1.807, 2.05) is 0 Å². The highest BCUT2D eigenvalue weighted by Gasteiger charge is 2.29. The van der Waals surface area contributed by atoms with Crippen molar-refractivity contribution in [2.75, 3.05) is 6.54 Å². The molecule has 4 atom stereocenters. The van der Waals surface area contributed by atoms with Gasteiger partial charge in [-0.15, -0.1) is 0 Å². The summed E-state index contributed by atoms with van der Waals surface area (Å²) in [6.07, 6.45) is -0.0517. The number of carbonyl (C=O) groups is 5. The van der Waals surface area contributed by atoms with Gasteiger partial charge < -0.3 is 43.4 Å². The number of nitrogens with one attached hydrogen (secondary N) is 3. The molecule has 0 aliphatic carbocycles. The maximum absolute atomic E-state index is 13.2. The van der Waals surface area contributed by atoms with Gasteiger partial charge in [0, 0.05) is 19.4 Å². The average Bonchev–Trinajstić information content (AvgIpc) is 2.83. The van der Waals surface area contributed by atoms with Crippen molar-refractivity contribution in [1.29, 1.82) is 0 Å². The Hall–Kier alpha value is -4.20.